The molecule has 3 aliphatic heterocycles. The Kier molecular flexibility index (Phi) is 3.48. The molecule has 0 radical (unpaired) electrons. The van der Waals surface area contributed by atoms with E-state index in [1.54, 1.807) is 0 Å². The van der Waals surface area contributed by atoms with Crippen molar-refractivity contribution in [1.82, 2.24) is 10.0 Å². The molecule has 5 rings (SSSR count). The molecule has 3 atom stereocenters. The summed E-state index contributed by atoms with van der Waals surface area (Å²) in [5, 5.41) is 4.38. The van der Waals surface area contributed by atoms with E-state index in [1.165, 1.54) is 4.90 Å². The molecule has 3 fully saturated rings. The number of anilines is 1. The molecule has 2 amide bonds. The van der Waals surface area contributed by atoms with Gasteiger partial charge in [-0.15, -0.1) is 0 Å². The third-order valence-electron chi connectivity index (χ3n) is 5.84. The molecular formula is C21H21N3O2. The summed E-state index contributed by atoms with van der Waals surface area (Å²) < 4.78 is 0. The topological polar surface area (TPSA) is 43.9 Å². The van der Waals surface area contributed by atoms with E-state index in [1.807, 2.05) is 49.4 Å². The lowest BCUT2D eigenvalue weighted by Crippen LogP contribution is -2.44. The molecule has 2 aromatic carbocycles. The minimum Gasteiger partial charge on any atom is -0.274 e. The molecule has 26 heavy (non-hydrogen) atoms. The number of carbonyl (C=O) groups is 2. The van der Waals surface area contributed by atoms with Crippen LogP contribution in [0.5, 0.6) is 0 Å². The number of amides is 2. The van der Waals surface area contributed by atoms with E-state index >= 15 is 0 Å². The molecule has 0 saturated carbocycles. The van der Waals surface area contributed by atoms with Gasteiger partial charge in [0.25, 0.3) is 5.91 Å². The van der Waals surface area contributed by atoms with Crippen LogP contribution in [0.1, 0.15) is 23.6 Å². The van der Waals surface area contributed by atoms with Gasteiger partial charge >= 0.3 is 0 Å². The zero-order chi connectivity index (χ0) is 17.8. The molecule has 0 aromatic heterocycles. The molecule has 5 heteroatoms. The number of hydrogen-bond acceptors (Lipinski definition) is 4. The molecule has 132 valence electrons. The summed E-state index contributed by atoms with van der Waals surface area (Å²) in [6, 6.07) is 17.3. The van der Waals surface area contributed by atoms with Crippen molar-refractivity contribution in [3.05, 3.63) is 65.7 Å². The zero-order valence-corrected chi connectivity index (χ0v) is 14.7. The molecule has 3 heterocycles. The van der Waals surface area contributed by atoms with E-state index in [-0.39, 0.29) is 29.8 Å². The van der Waals surface area contributed by atoms with E-state index in [0.29, 0.717) is 5.69 Å². The first-order valence-corrected chi connectivity index (χ1v) is 9.19. The van der Waals surface area contributed by atoms with Gasteiger partial charge in [0.1, 0.15) is 6.04 Å². The van der Waals surface area contributed by atoms with Crippen molar-refractivity contribution in [3.63, 3.8) is 0 Å². The Morgan fingerprint density at radius 2 is 1.46 bits per heavy atom. The lowest BCUT2D eigenvalue weighted by molar-refractivity contribution is -0.126. The van der Waals surface area contributed by atoms with Gasteiger partial charge in [0, 0.05) is 13.1 Å². The second kappa shape index (κ2) is 5.76. The van der Waals surface area contributed by atoms with Crippen LogP contribution in [0.25, 0.3) is 0 Å². The number of rotatable bonds is 2. The standard InChI is InChI=1S/C21H21N3O2/c1-14-8-10-16(11-9-14)24-20(25)17-18(15-6-3-2-4-7-15)22-12-5-13-23(22)19(17)21(24)26/h2-4,6-11,17-19H,5,12-13H2,1H3/t17-,18+,19-/m0/s1. The Hall–Kier alpha value is -2.50. The van der Waals surface area contributed by atoms with E-state index < -0.39 is 0 Å². The van der Waals surface area contributed by atoms with E-state index in [4.69, 9.17) is 0 Å². The third kappa shape index (κ3) is 2.11. The highest BCUT2D eigenvalue weighted by Crippen LogP contribution is 2.48. The fourth-order valence-electron chi connectivity index (χ4n) is 4.71. The fraction of sp³-hybridized carbons (Fsp3) is 0.333. The van der Waals surface area contributed by atoms with Gasteiger partial charge in [0.15, 0.2) is 0 Å². The van der Waals surface area contributed by atoms with Gasteiger partial charge in [-0.2, -0.15) is 0 Å². The number of benzene rings is 2. The summed E-state index contributed by atoms with van der Waals surface area (Å²) in [4.78, 5) is 28.0. The number of aryl methyl sites for hydroxylation is 1. The fourth-order valence-corrected chi connectivity index (χ4v) is 4.71. The van der Waals surface area contributed by atoms with Crippen LogP contribution in [0, 0.1) is 12.8 Å². The van der Waals surface area contributed by atoms with Crippen molar-refractivity contribution in [2.45, 2.75) is 25.4 Å². The van der Waals surface area contributed by atoms with E-state index in [2.05, 4.69) is 22.2 Å². The number of carbonyl (C=O) groups excluding carboxylic acids is 2. The maximum atomic E-state index is 13.3. The van der Waals surface area contributed by atoms with Crippen LogP contribution in [-0.4, -0.2) is 41.0 Å². The number of hydrazine groups is 1. The molecule has 0 N–H and O–H groups in total. The quantitative estimate of drug-likeness (QED) is 0.783. The second-order valence-electron chi connectivity index (χ2n) is 7.35. The Morgan fingerprint density at radius 1 is 0.808 bits per heavy atom. The first-order valence-electron chi connectivity index (χ1n) is 9.19. The SMILES string of the molecule is Cc1ccc(N2C(=O)[C@@H]3[C@@H](C2=O)N2CCCN2[C@@H]3c2ccccc2)cc1. The van der Waals surface area contributed by atoms with Gasteiger partial charge in [-0.25, -0.2) is 14.9 Å². The maximum Gasteiger partial charge on any atom is 0.253 e. The smallest absolute Gasteiger partial charge is 0.253 e. The van der Waals surface area contributed by atoms with Gasteiger partial charge < -0.3 is 0 Å². The van der Waals surface area contributed by atoms with Crippen molar-refractivity contribution < 1.29 is 9.59 Å². The van der Waals surface area contributed by atoms with Crippen LogP contribution in [0.3, 0.4) is 0 Å². The van der Waals surface area contributed by atoms with Crippen molar-refractivity contribution in [1.29, 1.82) is 0 Å². The molecule has 3 aliphatic rings. The second-order valence-corrected chi connectivity index (χ2v) is 7.35. The lowest BCUT2D eigenvalue weighted by Gasteiger charge is -2.29. The average molecular weight is 347 g/mol. The minimum atomic E-state index is -0.378. The van der Waals surface area contributed by atoms with Gasteiger partial charge in [0.2, 0.25) is 5.91 Å². The van der Waals surface area contributed by atoms with Crippen LogP contribution < -0.4 is 4.90 Å². The largest absolute Gasteiger partial charge is 0.274 e. The summed E-state index contributed by atoms with van der Waals surface area (Å²) >= 11 is 0. The predicted molar refractivity (Wildman–Crippen MR) is 98.2 cm³/mol. The van der Waals surface area contributed by atoms with E-state index in [9.17, 15) is 9.59 Å². The highest BCUT2D eigenvalue weighted by molar-refractivity contribution is 6.24. The van der Waals surface area contributed by atoms with Crippen LogP contribution >= 0.6 is 0 Å². The maximum absolute atomic E-state index is 13.3. The molecule has 5 nitrogen and oxygen atoms in total. The molecule has 2 aromatic rings. The molecule has 0 unspecified atom stereocenters. The van der Waals surface area contributed by atoms with Gasteiger partial charge in [-0.3, -0.25) is 9.59 Å². The van der Waals surface area contributed by atoms with Crippen LogP contribution in [-0.2, 0) is 9.59 Å². The summed E-state index contributed by atoms with van der Waals surface area (Å²) in [5.74, 6) is -0.507. The molecule has 3 saturated heterocycles. The van der Waals surface area contributed by atoms with Crippen molar-refractivity contribution in [2.24, 2.45) is 5.92 Å². The molecule has 0 bridgehead atoms. The zero-order valence-electron chi connectivity index (χ0n) is 14.7. The molecular weight excluding hydrogens is 326 g/mol. The Morgan fingerprint density at radius 3 is 2.15 bits per heavy atom. The molecule has 0 aliphatic carbocycles. The monoisotopic (exact) mass is 347 g/mol. The average Bonchev–Trinajstić information content (AvgIpc) is 3.29. The highest BCUT2D eigenvalue weighted by atomic mass is 16.2. The lowest BCUT2D eigenvalue weighted by atomic mass is 9.90. The van der Waals surface area contributed by atoms with Crippen molar-refractivity contribution >= 4 is 17.5 Å². The van der Waals surface area contributed by atoms with Gasteiger partial charge in [-0.05, 0) is 31.0 Å². The first-order chi connectivity index (χ1) is 12.7. The third-order valence-corrected chi connectivity index (χ3v) is 5.84. The van der Waals surface area contributed by atoms with Crippen LogP contribution in [0.4, 0.5) is 5.69 Å². The van der Waals surface area contributed by atoms with Gasteiger partial charge in [-0.1, -0.05) is 48.0 Å². The number of hydrogen-bond donors (Lipinski definition) is 0. The summed E-state index contributed by atoms with van der Waals surface area (Å²) in [6.07, 6.45) is 1.03. The minimum absolute atomic E-state index is 0.0596. The first kappa shape index (κ1) is 15.7. The Labute approximate surface area is 152 Å². The summed E-state index contributed by atoms with van der Waals surface area (Å²) in [6.45, 7) is 3.74. The number of fused-ring (bicyclic) bond motifs is 3. The van der Waals surface area contributed by atoms with E-state index in [0.717, 1.165) is 30.6 Å². The normalized spacial score (nSPS) is 28.7. The predicted octanol–water partition coefficient (Wildman–Crippen LogP) is 2.53. The summed E-state index contributed by atoms with van der Waals surface area (Å²) in [5.41, 5.74) is 2.90. The summed E-state index contributed by atoms with van der Waals surface area (Å²) in [7, 11) is 0. The highest BCUT2D eigenvalue weighted by Gasteiger charge is 2.62. The van der Waals surface area contributed by atoms with Crippen LogP contribution in [0.15, 0.2) is 54.6 Å². The molecule has 0 spiro atoms. The number of imide groups is 1. The van der Waals surface area contributed by atoms with Crippen molar-refractivity contribution in [3.8, 4) is 0 Å². The van der Waals surface area contributed by atoms with Crippen molar-refractivity contribution in [2.75, 3.05) is 18.0 Å². The number of nitrogens with zero attached hydrogens (tertiary/aromatic N) is 3. The van der Waals surface area contributed by atoms with Crippen LogP contribution in [0.2, 0.25) is 0 Å². The Bertz CT molecular complexity index is 865. The Balaban J connectivity index is 1.58. The van der Waals surface area contributed by atoms with Gasteiger partial charge in [0.05, 0.1) is 17.6 Å².